The molecule has 0 spiro atoms. The van der Waals surface area contributed by atoms with Gasteiger partial charge >= 0.3 is 6.01 Å². The van der Waals surface area contributed by atoms with Crippen LogP contribution in [-0.4, -0.2) is 21.6 Å². The number of hydrogen-bond acceptors (Lipinski definition) is 6. The molecule has 0 aliphatic rings. The number of nitrogens with zero attached hydrogens (tertiary/aromatic N) is 3. The van der Waals surface area contributed by atoms with E-state index in [4.69, 9.17) is 33.7 Å². The zero-order valence-electron chi connectivity index (χ0n) is 11.0. The Hall–Kier alpha value is -1.31. The predicted molar refractivity (Wildman–Crippen MR) is 87.5 cm³/mol. The lowest BCUT2D eigenvalue weighted by Crippen LogP contribution is -2.07. The summed E-state index contributed by atoms with van der Waals surface area (Å²) in [6.07, 6.45) is 0.836. The summed E-state index contributed by atoms with van der Waals surface area (Å²) in [5.41, 5.74) is 6.18. The van der Waals surface area contributed by atoms with Crippen LogP contribution in [0.25, 0.3) is 0 Å². The molecule has 0 saturated carbocycles. The van der Waals surface area contributed by atoms with Crippen LogP contribution in [0.15, 0.2) is 16.6 Å². The zero-order chi connectivity index (χ0) is 15.4. The van der Waals surface area contributed by atoms with Crippen molar-refractivity contribution < 1.29 is 4.74 Å². The normalized spacial score (nSPS) is 10.5. The molecule has 0 fully saturated rings. The number of nitrogen functional groups attached to an aromatic ring is 1. The Bertz CT molecular complexity index is 656. The van der Waals surface area contributed by atoms with Gasteiger partial charge in [-0.2, -0.15) is 15.0 Å². The summed E-state index contributed by atoms with van der Waals surface area (Å²) < 4.78 is 6.03. The molecule has 6 nitrogen and oxygen atoms in total. The maximum Gasteiger partial charge on any atom is 0.323 e. The molecule has 2 rings (SSSR count). The van der Waals surface area contributed by atoms with Crippen LogP contribution in [0, 0.1) is 0 Å². The largest absolute Gasteiger partial charge is 0.463 e. The number of nitrogens with two attached hydrogens (primary N) is 1. The topological polar surface area (TPSA) is 86.0 Å². The van der Waals surface area contributed by atoms with Crippen molar-refractivity contribution in [2.75, 3.05) is 17.7 Å². The van der Waals surface area contributed by atoms with Crippen molar-refractivity contribution in [2.45, 2.75) is 13.3 Å². The summed E-state index contributed by atoms with van der Waals surface area (Å²) >= 11 is 15.5. The van der Waals surface area contributed by atoms with E-state index in [0.29, 0.717) is 26.8 Å². The van der Waals surface area contributed by atoms with Crippen LogP contribution < -0.4 is 15.8 Å². The van der Waals surface area contributed by atoms with Crippen molar-refractivity contribution in [1.82, 2.24) is 15.0 Å². The van der Waals surface area contributed by atoms with Gasteiger partial charge in [0.2, 0.25) is 11.9 Å². The van der Waals surface area contributed by atoms with Gasteiger partial charge in [0.15, 0.2) is 0 Å². The second-order valence-electron chi connectivity index (χ2n) is 4.00. The van der Waals surface area contributed by atoms with Crippen molar-refractivity contribution in [3.05, 3.63) is 26.7 Å². The van der Waals surface area contributed by atoms with Crippen LogP contribution in [0.4, 0.5) is 17.6 Å². The minimum absolute atomic E-state index is 0.0536. The van der Waals surface area contributed by atoms with E-state index in [0.717, 1.165) is 6.42 Å². The third-order valence-electron chi connectivity index (χ3n) is 2.35. The number of anilines is 3. The smallest absolute Gasteiger partial charge is 0.323 e. The van der Waals surface area contributed by atoms with Crippen molar-refractivity contribution in [3.63, 3.8) is 0 Å². The lowest BCUT2D eigenvalue weighted by atomic mass is 10.3. The molecule has 9 heteroatoms. The van der Waals surface area contributed by atoms with Crippen LogP contribution in [0.3, 0.4) is 0 Å². The predicted octanol–water partition coefficient (Wildman–Crippen LogP) is 4.06. The van der Waals surface area contributed by atoms with Gasteiger partial charge in [-0.3, -0.25) is 0 Å². The van der Waals surface area contributed by atoms with Crippen LogP contribution in [0.2, 0.25) is 10.0 Å². The Morgan fingerprint density at radius 1 is 1.24 bits per heavy atom. The highest BCUT2D eigenvalue weighted by molar-refractivity contribution is 9.10. The van der Waals surface area contributed by atoms with E-state index in [2.05, 4.69) is 36.2 Å². The second kappa shape index (κ2) is 7.11. The van der Waals surface area contributed by atoms with Crippen LogP contribution in [0.1, 0.15) is 13.3 Å². The molecular formula is C12H12BrCl2N5O. The number of hydrogen-bond donors (Lipinski definition) is 2. The van der Waals surface area contributed by atoms with E-state index in [-0.39, 0.29) is 17.9 Å². The Morgan fingerprint density at radius 3 is 2.71 bits per heavy atom. The van der Waals surface area contributed by atoms with E-state index >= 15 is 0 Å². The molecule has 0 radical (unpaired) electrons. The third kappa shape index (κ3) is 4.09. The molecule has 0 amide bonds. The lowest BCUT2D eigenvalue weighted by Gasteiger charge is -2.10. The van der Waals surface area contributed by atoms with Gasteiger partial charge in [0.1, 0.15) is 0 Å². The molecule has 21 heavy (non-hydrogen) atoms. The van der Waals surface area contributed by atoms with Gasteiger partial charge in [-0.15, -0.1) is 0 Å². The van der Waals surface area contributed by atoms with Crippen LogP contribution >= 0.6 is 39.1 Å². The first-order valence-corrected chi connectivity index (χ1v) is 7.61. The van der Waals surface area contributed by atoms with Gasteiger partial charge in [0.25, 0.3) is 0 Å². The zero-order valence-corrected chi connectivity index (χ0v) is 14.1. The highest BCUT2D eigenvalue weighted by Crippen LogP contribution is 2.36. The molecule has 0 aliphatic carbocycles. The van der Waals surface area contributed by atoms with E-state index in [9.17, 15) is 0 Å². The van der Waals surface area contributed by atoms with Gasteiger partial charge in [0, 0.05) is 4.47 Å². The summed E-state index contributed by atoms with van der Waals surface area (Å²) in [6.45, 7) is 2.47. The Kier molecular flexibility index (Phi) is 5.44. The Morgan fingerprint density at radius 2 is 2.00 bits per heavy atom. The van der Waals surface area contributed by atoms with E-state index in [1.807, 2.05) is 6.92 Å². The van der Waals surface area contributed by atoms with Gasteiger partial charge in [-0.05, 0) is 34.5 Å². The molecule has 0 bridgehead atoms. The van der Waals surface area contributed by atoms with Crippen molar-refractivity contribution >= 4 is 56.7 Å². The van der Waals surface area contributed by atoms with Crippen LogP contribution in [-0.2, 0) is 0 Å². The van der Waals surface area contributed by atoms with Gasteiger partial charge in [-0.1, -0.05) is 30.1 Å². The summed E-state index contributed by atoms with van der Waals surface area (Å²) in [6, 6.07) is 3.66. The second-order valence-corrected chi connectivity index (χ2v) is 5.61. The summed E-state index contributed by atoms with van der Waals surface area (Å²) in [7, 11) is 0. The molecular weight excluding hydrogens is 381 g/mol. The first-order valence-electron chi connectivity index (χ1n) is 6.06. The number of rotatable bonds is 5. The quantitative estimate of drug-likeness (QED) is 0.746. The minimum atomic E-state index is 0.0536. The van der Waals surface area contributed by atoms with Crippen molar-refractivity contribution in [3.8, 4) is 6.01 Å². The summed E-state index contributed by atoms with van der Waals surface area (Å²) in [4.78, 5) is 12.0. The van der Waals surface area contributed by atoms with E-state index in [1.165, 1.54) is 0 Å². The molecule has 1 heterocycles. The Labute approximate surface area is 140 Å². The van der Waals surface area contributed by atoms with Gasteiger partial charge in [-0.25, -0.2) is 0 Å². The van der Waals surface area contributed by atoms with Gasteiger partial charge in [0.05, 0.1) is 22.3 Å². The summed E-state index contributed by atoms with van der Waals surface area (Å²) in [5, 5.41) is 3.68. The standard InChI is InChI=1S/C12H12BrCl2N5O/c1-2-5-21-12-19-10(16)18-11(20-12)17-7-4-3-6(13)8(14)9(7)15/h3-4H,2,5H2,1H3,(H3,16,17,18,19,20). The van der Waals surface area contributed by atoms with E-state index < -0.39 is 0 Å². The fourth-order valence-electron chi connectivity index (χ4n) is 1.43. The molecule has 2 aromatic rings. The summed E-state index contributed by atoms with van der Waals surface area (Å²) in [5.74, 6) is 0.284. The van der Waals surface area contributed by atoms with E-state index in [1.54, 1.807) is 12.1 Å². The van der Waals surface area contributed by atoms with Crippen molar-refractivity contribution in [1.29, 1.82) is 0 Å². The first-order chi connectivity index (χ1) is 10.0. The fraction of sp³-hybridized carbons (Fsp3) is 0.250. The minimum Gasteiger partial charge on any atom is -0.463 e. The monoisotopic (exact) mass is 391 g/mol. The molecule has 1 aromatic carbocycles. The molecule has 112 valence electrons. The maximum absolute atomic E-state index is 6.15. The van der Waals surface area contributed by atoms with Crippen molar-refractivity contribution in [2.24, 2.45) is 0 Å². The van der Waals surface area contributed by atoms with Gasteiger partial charge < -0.3 is 15.8 Å². The molecule has 1 aromatic heterocycles. The maximum atomic E-state index is 6.15. The Balaban J connectivity index is 2.27. The molecule has 0 saturated heterocycles. The number of halogens is 3. The first kappa shape index (κ1) is 16.1. The SMILES string of the molecule is CCCOc1nc(N)nc(Nc2ccc(Br)c(Cl)c2Cl)n1. The molecule has 3 N–H and O–H groups in total. The third-order valence-corrected chi connectivity index (χ3v) is 4.12. The number of nitrogens with one attached hydrogen (secondary N) is 1. The molecule has 0 unspecified atom stereocenters. The highest BCUT2D eigenvalue weighted by atomic mass is 79.9. The lowest BCUT2D eigenvalue weighted by molar-refractivity contribution is 0.292. The highest BCUT2D eigenvalue weighted by Gasteiger charge is 2.11. The number of aromatic nitrogens is 3. The fourth-order valence-corrected chi connectivity index (χ4v) is 2.25. The number of benzene rings is 1. The average Bonchev–Trinajstić information content (AvgIpc) is 2.45. The average molecular weight is 393 g/mol. The number of ether oxygens (including phenoxy) is 1. The molecule has 0 atom stereocenters. The molecule has 0 aliphatic heterocycles. The van der Waals surface area contributed by atoms with Crippen LogP contribution in [0.5, 0.6) is 6.01 Å².